The van der Waals surface area contributed by atoms with Gasteiger partial charge in [-0.1, -0.05) is 0 Å². The summed E-state index contributed by atoms with van der Waals surface area (Å²) in [6, 6.07) is 7.83. The fourth-order valence-corrected chi connectivity index (χ4v) is 3.08. The first-order chi connectivity index (χ1) is 10.7. The second-order valence-electron chi connectivity index (χ2n) is 4.73. The molecule has 3 rings (SSSR count). The number of anilines is 1. The molecule has 0 spiro atoms. The number of aromatic nitrogens is 2. The summed E-state index contributed by atoms with van der Waals surface area (Å²) in [5, 5.41) is 7.17. The van der Waals surface area contributed by atoms with Crippen LogP contribution >= 0.6 is 11.3 Å². The maximum atomic E-state index is 5.52. The van der Waals surface area contributed by atoms with Crippen LogP contribution in [0.5, 0.6) is 11.5 Å². The summed E-state index contributed by atoms with van der Waals surface area (Å²) in [5.74, 6) is 1.61. The molecule has 6 heteroatoms. The number of methoxy groups -OCH3 is 2. The number of hydrogen-bond donors (Lipinski definition) is 1. The zero-order chi connectivity index (χ0) is 15.5. The molecule has 114 valence electrons. The first-order valence-corrected chi connectivity index (χ1v) is 7.91. The van der Waals surface area contributed by atoms with Gasteiger partial charge in [0, 0.05) is 11.9 Å². The summed E-state index contributed by atoms with van der Waals surface area (Å²) in [5.41, 5.74) is 2.76. The van der Waals surface area contributed by atoms with E-state index in [1.54, 1.807) is 25.6 Å². The molecule has 0 saturated carbocycles. The lowest BCUT2D eigenvalue weighted by Crippen LogP contribution is -2.09. The molecule has 2 N–H and O–H groups in total. The first-order valence-electron chi connectivity index (χ1n) is 7.03. The van der Waals surface area contributed by atoms with Crippen LogP contribution in [0.25, 0.3) is 22.3 Å². The third-order valence-corrected chi connectivity index (χ3v) is 4.17. The number of nitrogens with zero attached hydrogens (tertiary/aromatic N) is 1. The SMILES string of the molecule is CCNc1nc(-c2cc(OC)c3ccc(OC)cc3[nH+]2)cs1. The van der Waals surface area contributed by atoms with Gasteiger partial charge in [0.15, 0.2) is 5.13 Å². The van der Waals surface area contributed by atoms with Crippen molar-refractivity contribution in [2.24, 2.45) is 0 Å². The predicted molar refractivity (Wildman–Crippen MR) is 88.9 cm³/mol. The predicted octanol–water partition coefficient (Wildman–Crippen LogP) is 3.23. The lowest BCUT2D eigenvalue weighted by atomic mass is 10.1. The molecular weight excluding hydrogens is 298 g/mol. The summed E-state index contributed by atoms with van der Waals surface area (Å²) in [6.45, 7) is 2.91. The van der Waals surface area contributed by atoms with Crippen LogP contribution in [0, 0.1) is 0 Å². The van der Waals surface area contributed by atoms with Crippen molar-refractivity contribution in [1.29, 1.82) is 0 Å². The number of rotatable bonds is 5. The van der Waals surface area contributed by atoms with Crippen LogP contribution < -0.4 is 19.8 Å². The van der Waals surface area contributed by atoms with E-state index < -0.39 is 0 Å². The molecule has 0 aliphatic carbocycles. The smallest absolute Gasteiger partial charge is 0.234 e. The highest BCUT2D eigenvalue weighted by atomic mass is 32.1. The molecule has 5 nitrogen and oxygen atoms in total. The van der Waals surface area contributed by atoms with Crippen molar-refractivity contribution in [3.8, 4) is 22.9 Å². The number of ether oxygens (including phenoxy) is 2. The Labute approximate surface area is 132 Å². The second kappa shape index (κ2) is 6.19. The van der Waals surface area contributed by atoms with Gasteiger partial charge in [-0.25, -0.2) is 9.97 Å². The quantitative estimate of drug-likeness (QED) is 0.785. The highest BCUT2D eigenvalue weighted by Crippen LogP contribution is 2.30. The van der Waals surface area contributed by atoms with Crippen LogP contribution in [-0.2, 0) is 0 Å². The minimum absolute atomic E-state index is 0.801. The van der Waals surface area contributed by atoms with Crippen LogP contribution in [0.4, 0.5) is 5.13 Å². The van der Waals surface area contributed by atoms with Gasteiger partial charge in [-0.15, -0.1) is 11.3 Å². The minimum Gasteiger partial charge on any atom is -0.497 e. The first kappa shape index (κ1) is 14.6. The van der Waals surface area contributed by atoms with Gasteiger partial charge in [0.25, 0.3) is 0 Å². The Morgan fingerprint density at radius 2 is 2.09 bits per heavy atom. The molecule has 0 amide bonds. The summed E-state index contributed by atoms with van der Waals surface area (Å²) < 4.78 is 10.8. The maximum Gasteiger partial charge on any atom is 0.234 e. The van der Waals surface area contributed by atoms with E-state index in [-0.39, 0.29) is 0 Å². The number of benzene rings is 1. The van der Waals surface area contributed by atoms with E-state index >= 15 is 0 Å². The number of hydrogen-bond acceptors (Lipinski definition) is 5. The number of aromatic amines is 1. The summed E-state index contributed by atoms with van der Waals surface area (Å²) in [4.78, 5) is 7.99. The molecule has 0 fully saturated rings. The van der Waals surface area contributed by atoms with Crippen molar-refractivity contribution in [1.82, 2.24) is 4.98 Å². The molecular formula is C16H18N3O2S+. The van der Waals surface area contributed by atoms with E-state index in [4.69, 9.17) is 9.47 Å². The number of pyridine rings is 1. The van der Waals surface area contributed by atoms with Crippen molar-refractivity contribution in [3.05, 3.63) is 29.6 Å². The number of fused-ring (bicyclic) bond motifs is 1. The summed E-state index contributed by atoms with van der Waals surface area (Å²) in [7, 11) is 3.33. The van der Waals surface area contributed by atoms with E-state index in [0.717, 1.165) is 45.5 Å². The lowest BCUT2D eigenvalue weighted by molar-refractivity contribution is -0.331. The molecule has 0 atom stereocenters. The fourth-order valence-electron chi connectivity index (χ4n) is 2.30. The third-order valence-electron chi connectivity index (χ3n) is 3.37. The van der Waals surface area contributed by atoms with Gasteiger partial charge >= 0.3 is 0 Å². The molecule has 3 aromatic rings. The van der Waals surface area contributed by atoms with Gasteiger partial charge in [-0.3, -0.25) is 0 Å². The van der Waals surface area contributed by atoms with Crippen LogP contribution in [0.15, 0.2) is 29.6 Å². The van der Waals surface area contributed by atoms with Gasteiger partial charge in [-0.05, 0) is 19.1 Å². The lowest BCUT2D eigenvalue weighted by Gasteiger charge is -2.05. The molecule has 2 heterocycles. The van der Waals surface area contributed by atoms with Crippen LogP contribution in [0.3, 0.4) is 0 Å². The number of nitrogens with one attached hydrogen (secondary N) is 2. The average Bonchev–Trinajstić information content (AvgIpc) is 3.02. The average molecular weight is 316 g/mol. The third kappa shape index (κ3) is 2.69. The highest BCUT2D eigenvalue weighted by Gasteiger charge is 2.17. The Bertz CT molecular complexity index is 801. The van der Waals surface area contributed by atoms with Crippen molar-refractivity contribution in [2.45, 2.75) is 6.92 Å². The van der Waals surface area contributed by atoms with Gasteiger partial charge in [-0.2, -0.15) is 0 Å². The van der Waals surface area contributed by atoms with Crippen LogP contribution in [0.1, 0.15) is 6.92 Å². The van der Waals surface area contributed by atoms with E-state index in [2.05, 4.69) is 22.2 Å². The molecule has 1 aromatic carbocycles. The molecule has 0 unspecified atom stereocenters. The van der Waals surface area contributed by atoms with Gasteiger partial charge in [0.2, 0.25) is 11.2 Å². The molecule has 0 aliphatic heterocycles. The van der Waals surface area contributed by atoms with Crippen LogP contribution in [-0.4, -0.2) is 25.7 Å². The Morgan fingerprint density at radius 3 is 2.82 bits per heavy atom. The molecule has 0 bridgehead atoms. The number of H-pyrrole nitrogens is 1. The van der Waals surface area contributed by atoms with Crippen molar-refractivity contribution < 1.29 is 14.5 Å². The monoisotopic (exact) mass is 316 g/mol. The second-order valence-corrected chi connectivity index (χ2v) is 5.59. The fraction of sp³-hybridized carbons (Fsp3) is 0.250. The molecule has 22 heavy (non-hydrogen) atoms. The Kier molecular flexibility index (Phi) is 4.11. The summed E-state index contributed by atoms with van der Waals surface area (Å²) >= 11 is 1.59. The maximum absolute atomic E-state index is 5.52. The highest BCUT2D eigenvalue weighted by molar-refractivity contribution is 7.14. The van der Waals surface area contributed by atoms with E-state index in [1.807, 2.05) is 29.6 Å². The molecule has 0 radical (unpaired) electrons. The Hall–Kier alpha value is -2.34. The largest absolute Gasteiger partial charge is 0.497 e. The van der Waals surface area contributed by atoms with E-state index in [0.29, 0.717) is 0 Å². The van der Waals surface area contributed by atoms with Crippen molar-refractivity contribution >= 4 is 27.4 Å². The zero-order valence-electron chi connectivity index (χ0n) is 12.8. The van der Waals surface area contributed by atoms with E-state index in [9.17, 15) is 0 Å². The minimum atomic E-state index is 0.801. The molecule has 0 aliphatic rings. The van der Waals surface area contributed by atoms with Gasteiger partial charge in [0.05, 0.1) is 31.7 Å². The number of thiazole rings is 1. The van der Waals surface area contributed by atoms with E-state index in [1.165, 1.54) is 0 Å². The standard InChI is InChI=1S/C16H17N3O2S/c1-4-17-16-19-14(9-22-16)13-8-15(21-3)11-6-5-10(20-2)7-12(11)18-13/h5-9H,4H2,1-3H3,(H,17,19)/p+1. The normalized spacial score (nSPS) is 10.7. The Balaban J connectivity index is 2.12. The summed E-state index contributed by atoms with van der Waals surface area (Å²) in [6.07, 6.45) is 0. The van der Waals surface area contributed by atoms with Crippen molar-refractivity contribution in [2.75, 3.05) is 26.1 Å². The topological polar surface area (TPSA) is 57.5 Å². The Morgan fingerprint density at radius 1 is 1.23 bits per heavy atom. The van der Waals surface area contributed by atoms with Crippen molar-refractivity contribution in [3.63, 3.8) is 0 Å². The zero-order valence-corrected chi connectivity index (χ0v) is 13.6. The van der Waals surface area contributed by atoms with Crippen LogP contribution in [0.2, 0.25) is 0 Å². The van der Waals surface area contributed by atoms with Gasteiger partial charge < -0.3 is 14.8 Å². The molecule has 2 aromatic heterocycles. The molecule has 0 saturated heterocycles. The van der Waals surface area contributed by atoms with Gasteiger partial charge in [0.1, 0.15) is 17.2 Å².